The third-order valence-electron chi connectivity index (χ3n) is 2.79. The van der Waals surface area contributed by atoms with Crippen LogP contribution in [0.15, 0.2) is 30.3 Å². The van der Waals surface area contributed by atoms with Gasteiger partial charge >= 0.3 is 0 Å². The highest BCUT2D eigenvalue weighted by Gasteiger charge is 2.19. The largest absolute Gasteiger partial charge is 0.397 e. The first-order valence-corrected chi connectivity index (χ1v) is 5.84. The van der Waals surface area contributed by atoms with Gasteiger partial charge in [-0.25, -0.2) is 8.78 Å². The lowest BCUT2D eigenvalue weighted by molar-refractivity contribution is 0.103. The third kappa shape index (κ3) is 2.44. The number of halogens is 3. The predicted octanol–water partition coefficient (Wildman–Crippen LogP) is 3.74. The lowest BCUT2D eigenvalue weighted by Crippen LogP contribution is -2.09. The van der Waals surface area contributed by atoms with Crippen LogP contribution in [0.3, 0.4) is 0 Å². The maximum atomic E-state index is 13.7. The van der Waals surface area contributed by atoms with Gasteiger partial charge in [0.25, 0.3) is 0 Å². The number of carbonyl (C=O) groups excluding carboxylic acids is 1. The summed E-state index contributed by atoms with van der Waals surface area (Å²) in [6, 6.07) is 6.36. The van der Waals surface area contributed by atoms with E-state index < -0.39 is 17.4 Å². The Morgan fingerprint density at radius 3 is 2.53 bits per heavy atom. The van der Waals surface area contributed by atoms with Gasteiger partial charge in [0.1, 0.15) is 11.6 Å². The number of nitrogens with two attached hydrogens (primary N) is 1. The van der Waals surface area contributed by atoms with E-state index in [1.807, 2.05) is 0 Å². The maximum absolute atomic E-state index is 13.7. The molecule has 0 aliphatic rings. The minimum Gasteiger partial charge on any atom is -0.397 e. The molecule has 0 atom stereocenters. The summed E-state index contributed by atoms with van der Waals surface area (Å²) in [4.78, 5) is 12.2. The molecule has 2 aromatic rings. The summed E-state index contributed by atoms with van der Waals surface area (Å²) in [6.45, 7) is 1.45. The molecule has 0 saturated carbocycles. The van der Waals surface area contributed by atoms with Crippen LogP contribution in [0.4, 0.5) is 14.5 Å². The van der Waals surface area contributed by atoms with Crippen molar-refractivity contribution in [2.24, 2.45) is 0 Å². The second-order valence-electron chi connectivity index (χ2n) is 4.11. The van der Waals surface area contributed by atoms with Crippen LogP contribution in [0.2, 0.25) is 5.02 Å². The standard InChI is InChI=1S/C14H10ClF2NO/c1-7-5-9(12(17)6-11(7)16)14(19)8-3-2-4-10(15)13(8)18/h2-6H,18H2,1H3. The summed E-state index contributed by atoms with van der Waals surface area (Å²) in [5, 5.41) is 0.213. The molecule has 0 aliphatic heterocycles. The second-order valence-corrected chi connectivity index (χ2v) is 4.52. The van der Waals surface area contributed by atoms with Crippen LogP contribution in [-0.4, -0.2) is 5.78 Å². The van der Waals surface area contributed by atoms with Gasteiger partial charge in [0.05, 0.1) is 16.3 Å². The van der Waals surface area contributed by atoms with E-state index in [-0.39, 0.29) is 27.4 Å². The number of rotatable bonds is 2. The van der Waals surface area contributed by atoms with Crippen molar-refractivity contribution < 1.29 is 13.6 Å². The second kappa shape index (κ2) is 4.97. The quantitative estimate of drug-likeness (QED) is 0.673. The number of aryl methyl sites for hydroxylation is 1. The van der Waals surface area contributed by atoms with Gasteiger partial charge < -0.3 is 5.73 Å². The summed E-state index contributed by atoms with van der Waals surface area (Å²) < 4.78 is 26.8. The SMILES string of the molecule is Cc1cc(C(=O)c2cccc(Cl)c2N)c(F)cc1F. The molecular formula is C14H10ClF2NO. The van der Waals surface area contributed by atoms with Crippen molar-refractivity contribution in [2.75, 3.05) is 5.73 Å². The first-order chi connectivity index (χ1) is 8.91. The van der Waals surface area contributed by atoms with E-state index in [1.54, 1.807) is 6.07 Å². The molecule has 2 N–H and O–H groups in total. The average molecular weight is 282 g/mol. The zero-order valence-corrected chi connectivity index (χ0v) is 10.8. The summed E-state index contributed by atoms with van der Waals surface area (Å²) >= 11 is 5.81. The molecule has 5 heteroatoms. The van der Waals surface area contributed by atoms with Crippen LogP contribution in [0, 0.1) is 18.6 Å². The highest BCUT2D eigenvalue weighted by molar-refractivity contribution is 6.34. The monoisotopic (exact) mass is 281 g/mol. The zero-order valence-electron chi connectivity index (χ0n) is 10.0. The van der Waals surface area contributed by atoms with Gasteiger partial charge in [-0.3, -0.25) is 4.79 Å². The summed E-state index contributed by atoms with van der Waals surface area (Å²) in [7, 11) is 0. The highest BCUT2D eigenvalue weighted by atomic mass is 35.5. The van der Waals surface area contributed by atoms with Gasteiger partial charge in [-0.2, -0.15) is 0 Å². The molecule has 0 aromatic heterocycles. The Balaban J connectivity index is 2.56. The first kappa shape index (κ1) is 13.5. The summed E-state index contributed by atoms with van der Waals surface area (Å²) in [5.74, 6) is -2.25. The van der Waals surface area contributed by atoms with E-state index in [0.717, 1.165) is 6.07 Å². The van der Waals surface area contributed by atoms with E-state index in [1.165, 1.54) is 19.1 Å². The molecule has 0 aliphatic carbocycles. The van der Waals surface area contributed by atoms with Gasteiger partial charge in [-0.05, 0) is 30.7 Å². The molecular weight excluding hydrogens is 272 g/mol. The van der Waals surface area contributed by atoms with E-state index in [4.69, 9.17) is 17.3 Å². The van der Waals surface area contributed by atoms with Crippen molar-refractivity contribution in [3.63, 3.8) is 0 Å². The molecule has 0 heterocycles. The van der Waals surface area contributed by atoms with Crippen molar-refractivity contribution in [3.8, 4) is 0 Å². The number of benzene rings is 2. The van der Waals surface area contributed by atoms with Crippen LogP contribution in [0.25, 0.3) is 0 Å². The van der Waals surface area contributed by atoms with Crippen LogP contribution in [-0.2, 0) is 0 Å². The van der Waals surface area contributed by atoms with Crippen molar-refractivity contribution >= 4 is 23.1 Å². The van der Waals surface area contributed by atoms with Crippen molar-refractivity contribution in [1.82, 2.24) is 0 Å². The maximum Gasteiger partial charge on any atom is 0.198 e. The van der Waals surface area contributed by atoms with Crippen molar-refractivity contribution in [2.45, 2.75) is 6.92 Å². The van der Waals surface area contributed by atoms with Gasteiger partial charge in [0, 0.05) is 11.6 Å². The first-order valence-electron chi connectivity index (χ1n) is 5.46. The lowest BCUT2D eigenvalue weighted by atomic mass is 9.99. The number of anilines is 1. The molecule has 19 heavy (non-hydrogen) atoms. The van der Waals surface area contributed by atoms with Crippen LogP contribution < -0.4 is 5.73 Å². The number of hydrogen-bond donors (Lipinski definition) is 1. The third-order valence-corrected chi connectivity index (χ3v) is 3.12. The Morgan fingerprint density at radius 1 is 1.16 bits per heavy atom. The Labute approximate surface area is 113 Å². The minimum absolute atomic E-state index is 0.0792. The fraction of sp³-hybridized carbons (Fsp3) is 0.0714. The lowest BCUT2D eigenvalue weighted by Gasteiger charge is -2.08. The number of nitrogen functional groups attached to an aromatic ring is 1. The van der Waals surface area contributed by atoms with Gasteiger partial charge in [0.15, 0.2) is 5.78 Å². The molecule has 0 radical (unpaired) electrons. The summed E-state index contributed by atoms with van der Waals surface area (Å²) in [5.41, 5.74) is 5.82. The average Bonchev–Trinajstić information content (AvgIpc) is 2.36. The Kier molecular flexibility index (Phi) is 3.53. The van der Waals surface area contributed by atoms with E-state index >= 15 is 0 Å². The van der Waals surface area contributed by atoms with Crippen molar-refractivity contribution in [3.05, 3.63) is 63.7 Å². The van der Waals surface area contributed by atoms with Crippen molar-refractivity contribution in [1.29, 1.82) is 0 Å². The van der Waals surface area contributed by atoms with Gasteiger partial charge in [-0.1, -0.05) is 17.7 Å². The van der Waals surface area contributed by atoms with E-state index in [0.29, 0.717) is 6.07 Å². The van der Waals surface area contributed by atoms with Crippen LogP contribution in [0.5, 0.6) is 0 Å². The smallest absolute Gasteiger partial charge is 0.198 e. The Morgan fingerprint density at radius 2 is 1.84 bits per heavy atom. The molecule has 2 rings (SSSR count). The number of ketones is 1. The fourth-order valence-electron chi connectivity index (χ4n) is 1.71. The molecule has 0 fully saturated rings. The topological polar surface area (TPSA) is 43.1 Å². The molecule has 0 bridgehead atoms. The highest BCUT2D eigenvalue weighted by Crippen LogP contribution is 2.26. The molecule has 0 spiro atoms. The predicted molar refractivity (Wildman–Crippen MR) is 70.4 cm³/mol. The van der Waals surface area contributed by atoms with E-state index in [2.05, 4.69) is 0 Å². The molecule has 2 nitrogen and oxygen atoms in total. The zero-order chi connectivity index (χ0) is 14.2. The fourth-order valence-corrected chi connectivity index (χ4v) is 1.89. The minimum atomic E-state index is -0.924. The molecule has 0 amide bonds. The van der Waals surface area contributed by atoms with Gasteiger partial charge in [0.2, 0.25) is 0 Å². The normalized spacial score (nSPS) is 10.5. The van der Waals surface area contributed by atoms with Crippen LogP contribution >= 0.6 is 11.6 Å². The Bertz CT molecular complexity index is 671. The molecule has 2 aromatic carbocycles. The number of hydrogen-bond acceptors (Lipinski definition) is 2. The number of para-hydroxylation sites is 1. The van der Waals surface area contributed by atoms with Gasteiger partial charge in [-0.15, -0.1) is 0 Å². The summed E-state index contributed by atoms with van der Waals surface area (Å²) in [6.07, 6.45) is 0. The molecule has 0 saturated heterocycles. The van der Waals surface area contributed by atoms with E-state index in [9.17, 15) is 13.6 Å². The Hall–Kier alpha value is -1.94. The van der Waals surface area contributed by atoms with Crippen LogP contribution in [0.1, 0.15) is 21.5 Å². The number of carbonyl (C=O) groups is 1. The molecule has 98 valence electrons. The molecule has 0 unspecified atom stereocenters.